The van der Waals surface area contributed by atoms with Crippen molar-refractivity contribution in [2.24, 2.45) is 0 Å². The Kier molecular flexibility index (Phi) is 5.25. The van der Waals surface area contributed by atoms with Crippen molar-refractivity contribution in [1.29, 1.82) is 0 Å². The summed E-state index contributed by atoms with van der Waals surface area (Å²) in [6.45, 7) is 4.04. The highest BCUT2D eigenvalue weighted by Crippen LogP contribution is 2.45. The van der Waals surface area contributed by atoms with Crippen LogP contribution in [0.2, 0.25) is 0 Å². The highest BCUT2D eigenvalue weighted by molar-refractivity contribution is 7.91. The summed E-state index contributed by atoms with van der Waals surface area (Å²) in [5.41, 5.74) is 7.93. The summed E-state index contributed by atoms with van der Waals surface area (Å²) in [4.78, 5) is 11.8. The molecule has 2 aliphatic rings. The third-order valence-corrected chi connectivity index (χ3v) is 8.17. The predicted octanol–water partition coefficient (Wildman–Crippen LogP) is 2.76. The molecule has 2 heterocycles. The number of benzene rings is 1. The van der Waals surface area contributed by atoms with Crippen molar-refractivity contribution >= 4 is 21.3 Å². The lowest BCUT2D eigenvalue weighted by Gasteiger charge is -2.35. The van der Waals surface area contributed by atoms with E-state index in [2.05, 4.69) is 11.8 Å². The van der Waals surface area contributed by atoms with Crippen molar-refractivity contribution in [2.75, 3.05) is 36.6 Å². The Balaban J connectivity index is 1.89. The van der Waals surface area contributed by atoms with Crippen molar-refractivity contribution in [2.45, 2.75) is 43.4 Å². The highest BCUT2D eigenvalue weighted by Gasteiger charge is 2.47. The molecule has 1 aromatic heterocycles. The fourth-order valence-corrected chi connectivity index (χ4v) is 5.92. The number of hydrogen-bond donors (Lipinski definition) is 1. The number of morpholine rings is 1. The monoisotopic (exact) mass is 416 g/mol. The van der Waals surface area contributed by atoms with Crippen molar-refractivity contribution in [1.82, 2.24) is 9.97 Å². The molecular formula is C21H28N4O3S. The first-order valence-corrected chi connectivity index (χ1v) is 12.0. The average Bonchev–Trinajstić information content (AvgIpc) is 3.20. The Labute approximate surface area is 172 Å². The Hall–Kier alpha value is -2.19. The van der Waals surface area contributed by atoms with Gasteiger partial charge in [0.05, 0.1) is 24.9 Å². The molecule has 29 heavy (non-hydrogen) atoms. The van der Waals surface area contributed by atoms with Gasteiger partial charge in [-0.3, -0.25) is 0 Å². The smallest absolute Gasteiger partial charge is 0.161 e. The standard InChI is InChI=1S/C21H28N4O3S/c1-15-14-28-12-11-25(15)19-13-18(21(29(2,26)27)9-3-4-10-21)23-20(24-19)16-5-7-17(22)8-6-16/h5-8,13,15H,3-4,9-12,14,22H2,1-2H3/t15-/m0/s1. The zero-order chi connectivity index (χ0) is 20.6. The van der Waals surface area contributed by atoms with E-state index in [1.54, 1.807) is 0 Å². The van der Waals surface area contributed by atoms with Crippen LogP contribution in [0.3, 0.4) is 0 Å². The fraction of sp³-hybridized carbons (Fsp3) is 0.524. The van der Waals surface area contributed by atoms with Crippen molar-refractivity contribution in [3.05, 3.63) is 36.0 Å². The van der Waals surface area contributed by atoms with Crippen LogP contribution in [0.15, 0.2) is 30.3 Å². The molecular weight excluding hydrogens is 388 g/mol. The van der Waals surface area contributed by atoms with Crippen LogP contribution in [0.5, 0.6) is 0 Å². The first-order valence-electron chi connectivity index (χ1n) is 10.1. The number of sulfone groups is 1. The van der Waals surface area contributed by atoms with Gasteiger partial charge in [0, 0.05) is 30.1 Å². The summed E-state index contributed by atoms with van der Waals surface area (Å²) < 4.78 is 30.4. The maximum atomic E-state index is 12.9. The SMILES string of the molecule is C[C@H]1COCCN1c1cc(C2(S(C)(=O)=O)CCCC2)nc(-c2ccc(N)cc2)n1. The zero-order valence-corrected chi connectivity index (χ0v) is 17.8. The van der Waals surface area contributed by atoms with Gasteiger partial charge in [-0.15, -0.1) is 0 Å². The molecule has 156 valence electrons. The zero-order valence-electron chi connectivity index (χ0n) is 17.0. The van der Waals surface area contributed by atoms with Gasteiger partial charge in [-0.05, 0) is 44.0 Å². The van der Waals surface area contributed by atoms with Gasteiger partial charge in [0.15, 0.2) is 15.7 Å². The van der Waals surface area contributed by atoms with Crippen LogP contribution in [0.25, 0.3) is 11.4 Å². The third kappa shape index (κ3) is 3.71. The summed E-state index contributed by atoms with van der Waals surface area (Å²) in [7, 11) is -3.34. The topological polar surface area (TPSA) is 98.4 Å². The van der Waals surface area contributed by atoms with E-state index in [4.69, 9.17) is 20.4 Å². The number of anilines is 2. The van der Waals surface area contributed by atoms with Crippen LogP contribution in [-0.2, 0) is 19.3 Å². The number of aromatic nitrogens is 2. The van der Waals surface area contributed by atoms with Gasteiger partial charge in [0.25, 0.3) is 0 Å². The Morgan fingerprint density at radius 2 is 1.86 bits per heavy atom. The number of nitrogens with zero attached hydrogens (tertiary/aromatic N) is 3. The molecule has 2 aromatic rings. The molecule has 0 bridgehead atoms. The molecule has 8 heteroatoms. The summed E-state index contributed by atoms with van der Waals surface area (Å²) in [6, 6.07) is 9.42. The van der Waals surface area contributed by atoms with Crippen LogP contribution in [0, 0.1) is 0 Å². The van der Waals surface area contributed by atoms with E-state index in [-0.39, 0.29) is 6.04 Å². The molecule has 0 spiro atoms. The van der Waals surface area contributed by atoms with Gasteiger partial charge in [0.2, 0.25) is 0 Å². The fourth-order valence-electron chi connectivity index (χ4n) is 4.41. The number of nitrogens with two attached hydrogens (primary N) is 1. The predicted molar refractivity (Wildman–Crippen MR) is 114 cm³/mol. The minimum Gasteiger partial charge on any atom is -0.399 e. The lowest BCUT2D eigenvalue weighted by Crippen LogP contribution is -2.44. The van der Waals surface area contributed by atoms with E-state index in [9.17, 15) is 8.42 Å². The highest BCUT2D eigenvalue weighted by atomic mass is 32.2. The van der Waals surface area contributed by atoms with E-state index in [0.717, 1.165) is 24.2 Å². The molecule has 7 nitrogen and oxygen atoms in total. The molecule has 2 fully saturated rings. The molecule has 0 unspecified atom stereocenters. The van der Waals surface area contributed by atoms with Crippen LogP contribution in [0.1, 0.15) is 38.3 Å². The van der Waals surface area contributed by atoms with Gasteiger partial charge in [-0.1, -0.05) is 12.8 Å². The summed E-state index contributed by atoms with van der Waals surface area (Å²) in [6.07, 6.45) is 4.31. The average molecular weight is 417 g/mol. The molecule has 1 aromatic carbocycles. The quantitative estimate of drug-likeness (QED) is 0.765. The molecule has 4 rings (SSSR count). The van der Waals surface area contributed by atoms with Crippen LogP contribution >= 0.6 is 0 Å². The maximum Gasteiger partial charge on any atom is 0.161 e. The molecule has 1 aliphatic heterocycles. The van der Waals surface area contributed by atoms with E-state index < -0.39 is 14.6 Å². The molecule has 1 atom stereocenters. The molecule has 1 aliphatic carbocycles. The largest absolute Gasteiger partial charge is 0.399 e. The lowest BCUT2D eigenvalue weighted by molar-refractivity contribution is 0.0985. The van der Waals surface area contributed by atoms with Gasteiger partial charge in [0.1, 0.15) is 10.6 Å². The van der Waals surface area contributed by atoms with Gasteiger partial charge >= 0.3 is 0 Å². The number of ether oxygens (including phenoxy) is 1. The molecule has 1 saturated carbocycles. The second-order valence-corrected chi connectivity index (χ2v) is 10.5. The molecule has 1 saturated heterocycles. The van der Waals surface area contributed by atoms with Crippen LogP contribution in [-0.4, -0.2) is 50.4 Å². The summed E-state index contributed by atoms with van der Waals surface area (Å²) in [5, 5.41) is 0. The summed E-state index contributed by atoms with van der Waals surface area (Å²) in [5.74, 6) is 1.29. The van der Waals surface area contributed by atoms with Crippen molar-refractivity contribution < 1.29 is 13.2 Å². The third-order valence-electron chi connectivity index (χ3n) is 6.13. The van der Waals surface area contributed by atoms with E-state index in [1.165, 1.54) is 6.26 Å². The minimum absolute atomic E-state index is 0.156. The number of nitrogen functional groups attached to an aromatic ring is 1. The molecule has 0 radical (unpaired) electrons. The normalized spacial score (nSPS) is 22.0. The van der Waals surface area contributed by atoms with Crippen LogP contribution in [0.4, 0.5) is 11.5 Å². The Morgan fingerprint density at radius 3 is 2.48 bits per heavy atom. The van der Waals surface area contributed by atoms with Crippen LogP contribution < -0.4 is 10.6 Å². The Bertz CT molecular complexity index is 985. The minimum atomic E-state index is -3.34. The number of rotatable bonds is 4. The maximum absolute atomic E-state index is 12.9. The van der Waals surface area contributed by atoms with E-state index in [0.29, 0.717) is 49.8 Å². The van der Waals surface area contributed by atoms with Gasteiger partial charge in [-0.25, -0.2) is 18.4 Å². The Morgan fingerprint density at radius 1 is 1.17 bits per heavy atom. The first kappa shape index (κ1) is 20.1. The van der Waals surface area contributed by atoms with Crippen molar-refractivity contribution in [3.8, 4) is 11.4 Å². The second kappa shape index (κ2) is 7.57. The van der Waals surface area contributed by atoms with E-state index in [1.807, 2.05) is 30.3 Å². The first-order chi connectivity index (χ1) is 13.8. The van der Waals surface area contributed by atoms with Gasteiger partial charge in [-0.2, -0.15) is 0 Å². The van der Waals surface area contributed by atoms with E-state index >= 15 is 0 Å². The lowest BCUT2D eigenvalue weighted by atomic mass is 10.0. The summed E-state index contributed by atoms with van der Waals surface area (Å²) >= 11 is 0. The molecule has 0 amide bonds. The molecule has 2 N–H and O–H groups in total. The van der Waals surface area contributed by atoms with Gasteiger partial charge < -0.3 is 15.4 Å². The number of hydrogen-bond acceptors (Lipinski definition) is 7. The second-order valence-electron chi connectivity index (χ2n) is 8.15. The van der Waals surface area contributed by atoms with Crippen molar-refractivity contribution in [3.63, 3.8) is 0 Å².